The van der Waals surface area contributed by atoms with Crippen molar-refractivity contribution in [2.75, 3.05) is 23.7 Å². The van der Waals surface area contributed by atoms with Gasteiger partial charge in [-0.2, -0.15) is 0 Å². The Balaban J connectivity index is 2.17. The molecular weight excluding hydrogens is 497 g/mol. The molecule has 37 heavy (non-hydrogen) atoms. The van der Waals surface area contributed by atoms with Crippen molar-refractivity contribution in [3.63, 3.8) is 0 Å². The fourth-order valence-electron chi connectivity index (χ4n) is 3.72. The summed E-state index contributed by atoms with van der Waals surface area (Å²) in [5, 5.41) is 2.89. The van der Waals surface area contributed by atoms with Crippen LogP contribution in [0.1, 0.15) is 53.0 Å². The van der Waals surface area contributed by atoms with Crippen LogP contribution in [-0.2, 0) is 26.2 Å². The van der Waals surface area contributed by atoms with Crippen molar-refractivity contribution in [3.8, 4) is 5.75 Å². The smallest absolute Gasteiger partial charge is 0.242 e. The number of amides is 2. The molecule has 0 spiro atoms. The molecule has 0 aliphatic carbocycles. The van der Waals surface area contributed by atoms with Gasteiger partial charge in [0.1, 0.15) is 17.6 Å². The van der Waals surface area contributed by atoms with E-state index in [0.29, 0.717) is 23.6 Å². The SMILES string of the molecule is CCOc1ccc(N(CCCC(=O)N(Cc2ccc(F)cc2)C(C)C(=O)NC(C)(C)C)S(C)(=O)=O)cc1. The molecule has 0 heterocycles. The van der Waals surface area contributed by atoms with E-state index < -0.39 is 27.4 Å². The summed E-state index contributed by atoms with van der Waals surface area (Å²) < 4.78 is 45.0. The van der Waals surface area contributed by atoms with Gasteiger partial charge < -0.3 is 15.0 Å². The molecule has 1 N–H and O–H groups in total. The van der Waals surface area contributed by atoms with Crippen molar-refractivity contribution in [1.29, 1.82) is 0 Å². The topological polar surface area (TPSA) is 96.0 Å². The molecule has 0 aliphatic heterocycles. The molecular formula is C27H38FN3O5S. The van der Waals surface area contributed by atoms with Crippen molar-refractivity contribution in [1.82, 2.24) is 10.2 Å². The molecule has 10 heteroatoms. The quantitative estimate of drug-likeness (QED) is 0.442. The van der Waals surface area contributed by atoms with Gasteiger partial charge in [0.25, 0.3) is 0 Å². The fourth-order valence-corrected chi connectivity index (χ4v) is 4.69. The Bertz CT molecular complexity index is 1150. The maximum Gasteiger partial charge on any atom is 0.242 e. The molecule has 2 aromatic rings. The molecule has 0 aliphatic rings. The zero-order valence-electron chi connectivity index (χ0n) is 22.5. The van der Waals surface area contributed by atoms with Crippen LogP contribution in [-0.4, -0.2) is 56.1 Å². The number of hydrogen-bond acceptors (Lipinski definition) is 5. The minimum absolute atomic E-state index is 0.0252. The summed E-state index contributed by atoms with van der Waals surface area (Å²) in [7, 11) is -3.60. The summed E-state index contributed by atoms with van der Waals surface area (Å²) in [6.07, 6.45) is 1.38. The Morgan fingerprint density at radius 1 is 1.05 bits per heavy atom. The highest BCUT2D eigenvalue weighted by Crippen LogP contribution is 2.23. The number of carbonyl (C=O) groups is 2. The Morgan fingerprint density at radius 3 is 2.16 bits per heavy atom. The first-order valence-electron chi connectivity index (χ1n) is 12.3. The minimum Gasteiger partial charge on any atom is -0.494 e. The van der Waals surface area contributed by atoms with Crippen molar-refractivity contribution in [3.05, 3.63) is 59.9 Å². The van der Waals surface area contributed by atoms with Crippen LogP contribution in [0.5, 0.6) is 5.75 Å². The van der Waals surface area contributed by atoms with Crippen LogP contribution in [0.15, 0.2) is 48.5 Å². The van der Waals surface area contributed by atoms with Crippen molar-refractivity contribution >= 4 is 27.5 Å². The normalized spacial score (nSPS) is 12.5. The van der Waals surface area contributed by atoms with Crippen LogP contribution in [0.4, 0.5) is 10.1 Å². The highest BCUT2D eigenvalue weighted by atomic mass is 32.2. The van der Waals surface area contributed by atoms with E-state index in [1.807, 2.05) is 27.7 Å². The third-order valence-corrected chi connectivity index (χ3v) is 6.71. The third kappa shape index (κ3) is 9.68. The molecule has 0 bridgehead atoms. The largest absolute Gasteiger partial charge is 0.494 e. The van der Waals surface area contributed by atoms with Crippen LogP contribution in [0.25, 0.3) is 0 Å². The molecule has 1 unspecified atom stereocenters. The average Bonchev–Trinajstić information content (AvgIpc) is 2.80. The van der Waals surface area contributed by atoms with E-state index in [1.54, 1.807) is 43.3 Å². The predicted octanol–water partition coefficient (Wildman–Crippen LogP) is 4.10. The monoisotopic (exact) mass is 535 g/mol. The van der Waals surface area contributed by atoms with Gasteiger partial charge in [-0.05, 0) is 83.0 Å². The number of carbonyl (C=O) groups excluding carboxylic acids is 2. The molecule has 2 amide bonds. The maximum absolute atomic E-state index is 13.4. The van der Waals surface area contributed by atoms with Gasteiger partial charge in [-0.15, -0.1) is 0 Å². The molecule has 8 nitrogen and oxygen atoms in total. The summed E-state index contributed by atoms with van der Waals surface area (Å²) in [6, 6.07) is 11.7. The van der Waals surface area contributed by atoms with E-state index in [1.165, 1.54) is 21.3 Å². The average molecular weight is 536 g/mol. The predicted molar refractivity (Wildman–Crippen MR) is 143 cm³/mol. The van der Waals surface area contributed by atoms with Crippen LogP contribution < -0.4 is 14.4 Å². The lowest BCUT2D eigenvalue weighted by Crippen LogP contribution is -2.52. The minimum atomic E-state index is -3.60. The number of halogens is 1. The second-order valence-electron chi connectivity index (χ2n) is 9.93. The van der Waals surface area contributed by atoms with Crippen molar-refractivity contribution in [2.24, 2.45) is 0 Å². The van der Waals surface area contributed by atoms with E-state index >= 15 is 0 Å². The number of nitrogens with zero attached hydrogens (tertiary/aromatic N) is 2. The molecule has 2 rings (SSSR count). The molecule has 0 fully saturated rings. The van der Waals surface area contributed by atoms with Gasteiger partial charge in [0.2, 0.25) is 21.8 Å². The standard InChI is InChI=1S/C27H38FN3O5S/c1-7-36-24-16-14-23(15-17-24)31(37(6,34)35)18-8-9-25(32)30(19-21-10-12-22(28)13-11-21)20(2)26(33)29-27(3,4)5/h10-17,20H,7-9,18-19H2,1-6H3,(H,29,33). The number of benzene rings is 2. The molecule has 0 radical (unpaired) electrons. The number of rotatable bonds is 12. The number of sulfonamides is 1. The first-order chi connectivity index (χ1) is 17.2. The molecule has 204 valence electrons. The molecule has 0 aromatic heterocycles. The lowest BCUT2D eigenvalue weighted by molar-refractivity contribution is -0.141. The number of anilines is 1. The highest BCUT2D eigenvalue weighted by molar-refractivity contribution is 7.92. The Hall–Kier alpha value is -3.14. The Kier molecular flexibility index (Phi) is 10.5. The number of ether oxygens (including phenoxy) is 1. The number of nitrogens with one attached hydrogen (secondary N) is 1. The van der Waals surface area contributed by atoms with E-state index in [-0.39, 0.29) is 37.7 Å². The highest BCUT2D eigenvalue weighted by Gasteiger charge is 2.28. The Morgan fingerprint density at radius 2 is 1.65 bits per heavy atom. The molecule has 0 saturated heterocycles. The fraction of sp³-hybridized carbons (Fsp3) is 0.481. The van der Waals surface area contributed by atoms with Crippen LogP contribution >= 0.6 is 0 Å². The van der Waals surface area contributed by atoms with Crippen LogP contribution in [0, 0.1) is 5.82 Å². The van der Waals surface area contributed by atoms with Gasteiger partial charge in [-0.1, -0.05) is 12.1 Å². The number of hydrogen-bond donors (Lipinski definition) is 1. The van der Waals surface area contributed by atoms with Crippen molar-refractivity contribution < 1.29 is 27.1 Å². The second kappa shape index (κ2) is 12.9. The van der Waals surface area contributed by atoms with Gasteiger partial charge in [0.15, 0.2) is 0 Å². The van der Waals surface area contributed by atoms with Crippen molar-refractivity contribution in [2.45, 2.75) is 65.6 Å². The van der Waals surface area contributed by atoms with E-state index in [2.05, 4.69) is 5.32 Å². The molecule has 1 atom stereocenters. The lowest BCUT2D eigenvalue weighted by atomic mass is 10.1. The van der Waals surface area contributed by atoms with Crippen LogP contribution in [0.3, 0.4) is 0 Å². The van der Waals surface area contributed by atoms with E-state index in [4.69, 9.17) is 4.74 Å². The third-order valence-electron chi connectivity index (χ3n) is 5.52. The summed E-state index contributed by atoms with van der Waals surface area (Å²) in [4.78, 5) is 27.6. The van der Waals surface area contributed by atoms with Gasteiger partial charge in [-0.25, -0.2) is 12.8 Å². The first-order valence-corrected chi connectivity index (χ1v) is 14.1. The molecule has 2 aromatic carbocycles. The maximum atomic E-state index is 13.4. The summed E-state index contributed by atoms with van der Waals surface area (Å²) in [6.45, 7) is 9.77. The van der Waals surface area contributed by atoms with Gasteiger partial charge in [0, 0.05) is 25.0 Å². The van der Waals surface area contributed by atoms with Gasteiger partial charge in [0.05, 0.1) is 18.6 Å². The van der Waals surface area contributed by atoms with Crippen LogP contribution in [0.2, 0.25) is 0 Å². The summed E-state index contributed by atoms with van der Waals surface area (Å²) in [5.41, 5.74) is 0.667. The van der Waals surface area contributed by atoms with Gasteiger partial charge in [-0.3, -0.25) is 13.9 Å². The second-order valence-corrected chi connectivity index (χ2v) is 11.8. The zero-order chi connectivity index (χ0) is 27.8. The molecule has 0 saturated carbocycles. The zero-order valence-corrected chi connectivity index (χ0v) is 23.3. The summed E-state index contributed by atoms with van der Waals surface area (Å²) in [5.74, 6) is -0.375. The van der Waals surface area contributed by atoms with Gasteiger partial charge >= 0.3 is 0 Å². The lowest BCUT2D eigenvalue weighted by Gasteiger charge is -2.32. The van der Waals surface area contributed by atoms with E-state index in [0.717, 1.165) is 6.26 Å². The van der Waals surface area contributed by atoms with E-state index in [9.17, 15) is 22.4 Å². The Labute approximate surface area is 219 Å². The first kappa shape index (κ1) is 30.1. The summed E-state index contributed by atoms with van der Waals surface area (Å²) >= 11 is 0.